The molecule has 3 unspecified atom stereocenters. The third kappa shape index (κ3) is 2.41. The van der Waals surface area contributed by atoms with Gasteiger partial charge < -0.3 is 10.6 Å². The lowest BCUT2D eigenvalue weighted by molar-refractivity contribution is -0.132. The van der Waals surface area contributed by atoms with E-state index in [9.17, 15) is 4.79 Å². The van der Waals surface area contributed by atoms with E-state index in [4.69, 9.17) is 5.73 Å². The lowest BCUT2D eigenvalue weighted by atomic mass is 10.0. The summed E-state index contributed by atoms with van der Waals surface area (Å²) in [6, 6.07) is 0.989. The summed E-state index contributed by atoms with van der Waals surface area (Å²) in [5.74, 6) is 1.39. The molecule has 0 aromatic heterocycles. The summed E-state index contributed by atoms with van der Waals surface area (Å²) in [6.45, 7) is 6.34. The molecule has 0 aromatic carbocycles. The number of hydrogen-bond donors (Lipinski definition) is 1. The summed E-state index contributed by atoms with van der Waals surface area (Å²) < 4.78 is 0. The van der Waals surface area contributed by atoms with Crippen LogP contribution in [0.5, 0.6) is 0 Å². The summed E-state index contributed by atoms with van der Waals surface area (Å²) in [5.41, 5.74) is 5.94. The van der Waals surface area contributed by atoms with Gasteiger partial charge in [-0.05, 0) is 44.7 Å². The lowest BCUT2D eigenvalue weighted by Gasteiger charge is -2.34. The molecule has 2 aliphatic heterocycles. The SMILES string of the molecule is CC1CC1C(=O)N1CCC(N2CCC(N)CC2)C1. The van der Waals surface area contributed by atoms with Gasteiger partial charge in [0.25, 0.3) is 0 Å². The zero-order valence-electron chi connectivity index (χ0n) is 11.3. The van der Waals surface area contributed by atoms with Crippen molar-refractivity contribution in [2.75, 3.05) is 26.2 Å². The van der Waals surface area contributed by atoms with E-state index in [0.29, 0.717) is 29.8 Å². The van der Waals surface area contributed by atoms with Crippen molar-refractivity contribution in [2.45, 2.75) is 44.7 Å². The van der Waals surface area contributed by atoms with E-state index < -0.39 is 0 Å². The van der Waals surface area contributed by atoms with Crippen molar-refractivity contribution in [3.63, 3.8) is 0 Å². The molecule has 0 aromatic rings. The highest BCUT2D eigenvalue weighted by atomic mass is 16.2. The van der Waals surface area contributed by atoms with Crippen molar-refractivity contribution in [1.82, 2.24) is 9.80 Å². The fourth-order valence-corrected chi connectivity index (χ4v) is 3.43. The Morgan fingerprint density at radius 1 is 1.17 bits per heavy atom. The van der Waals surface area contributed by atoms with E-state index in [2.05, 4.69) is 16.7 Å². The molecule has 0 radical (unpaired) electrons. The van der Waals surface area contributed by atoms with Crippen LogP contribution in [-0.4, -0.2) is 54.0 Å². The van der Waals surface area contributed by atoms with Gasteiger partial charge in [-0.1, -0.05) is 6.92 Å². The first-order chi connectivity index (χ1) is 8.65. The molecule has 3 rings (SSSR count). The number of likely N-dealkylation sites (tertiary alicyclic amines) is 2. The Bertz CT molecular complexity index is 325. The molecule has 4 heteroatoms. The Morgan fingerprint density at radius 2 is 1.83 bits per heavy atom. The van der Waals surface area contributed by atoms with Crippen LogP contribution < -0.4 is 5.73 Å². The molecule has 4 nitrogen and oxygen atoms in total. The van der Waals surface area contributed by atoms with E-state index in [1.54, 1.807) is 0 Å². The smallest absolute Gasteiger partial charge is 0.226 e. The van der Waals surface area contributed by atoms with Crippen molar-refractivity contribution in [3.8, 4) is 0 Å². The van der Waals surface area contributed by atoms with Crippen LogP contribution in [0.2, 0.25) is 0 Å². The second-order valence-corrected chi connectivity index (χ2v) is 6.42. The summed E-state index contributed by atoms with van der Waals surface area (Å²) in [7, 11) is 0. The Morgan fingerprint density at radius 3 is 2.44 bits per heavy atom. The summed E-state index contributed by atoms with van der Waals surface area (Å²) in [6.07, 6.45) is 4.49. The molecule has 102 valence electrons. The predicted octanol–water partition coefficient (Wildman–Crippen LogP) is 0.666. The quantitative estimate of drug-likeness (QED) is 0.784. The van der Waals surface area contributed by atoms with Crippen LogP contribution in [0.15, 0.2) is 0 Å². The molecule has 1 saturated carbocycles. The van der Waals surface area contributed by atoms with Gasteiger partial charge in [0.15, 0.2) is 0 Å². The van der Waals surface area contributed by atoms with Crippen molar-refractivity contribution < 1.29 is 4.79 Å². The van der Waals surface area contributed by atoms with Gasteiger partial charge in [-0.25, -0.2) is 0 Å². The molecule has 3 aliphatic rings. The van der Waals surface area contributed by atoms with E-state index in [1.807, 2.05) is 0 Å². The number of nitrogens with two attached hydrogens (primary N) is 1. The minimum atomic E-state index is 0.346. The topological polar surface area (TPSA) is 49.6 Å². The number of rotatable bonds is 2. The fraction of sp³-hybridized carbons (Fsp3) is 0.929. The van der Waals surface area contributed by atoms with Crippen molar-refractivity contribution in [3.05, 3.63) is 0 Å². The van der Waals surface area contributed by atoms with Gasteiger partial charge in [-0.15, -0.1) is 0 Å². The number of nitrogens with zero attached hydrogens (tertiary/aromatic N) is 2. The molecular weight excluding hydrogens is 226 g/mol. The first-order valence-corrected chi connectivity index (χ1v) is 7.43. The van der Waals surface area contributed by atoms with E-state index >= 15 is 0 Å². The maximum Gasteiger partial charge on any atom is 0.226 e. The Hall–Kier alpha value is -0.610. The van der Waals surface area contributed by atoms with Crippen LogP contribution in [0.3, 0.4) is 0 Å². The maximum absolute atomic E-state index is 12.2. The van der Waals surface area contributed by atoms with Gasteiger partial charge in [-0.2, -0.15) is 0 Å². The Labute approximate surface area is 109 Å². The van der Waals surface area contributed by atoms with Crippen LogP contribution in [0.25, 0.3) is 0 Å². The van der Waals surface area contributed by atoms with Gasteiger partial charge in [0.2, 0.25) is 5.91 Å². The average Bonchev–Trinajstić information content (AvgIpc) is 2.91. The molecule has 0 bridgehead atoms. The van der Waals surface area contributed by atoms with Crippen molar-refractivity contribution in [2.24, 2.45) is 17.6 Å². The summed E-state index contributed by atoms with van der Waals surface area (Å²) >= 11 is 0. The highest BCUT2D eigenvalue weighted by Crippen LogP contribution is 2.40. The van der Waals surface area contributed by atoms with E-state index in [1.165, 1.54) is 0 Å². The number of piperidine rings is 1. The molecule has 1 amide bonds. The molecule has 1 aliphatic carbocycles. The van der Waals surface area contributed by atoms with Gasteiger partial charge >= 0.3 is 0 Å². The normalized spacial score (nSPS) is 38.1. The minimum absolute atomic E-state index is 0.346. The van der Waals surface area contributed by atoms with Crippen LogP contribution in [0.4, 0.5) is 0 Å². The first kappa shape index (κ1) is 12.4. The van der Waals surface area contributed by atoms with Gasteiger partial charge in [-0.3, -0.25) is 9.69 Å². The summed E-state index contributed by atoms with van der Waals surface area (Å²) in [4.78, 5) is 16.8. The van der Waals surface area contributed by atoms with E-state index in [-0.39, 0.29) is 0 Å². The lowest BCUT2D eigenvalue weighted by Crippen LogP contribution is -2.46. The van der Waals surface area contributed by atoms with Crippen LogP contribution in [-0.2, 0) is 4.79 Å². The molecular formula is C14H25N3O. The number of hydrogen-bond acceptors (Lipinski definition) is 3. The highest BCUT2D eigenvalue weighted by Gasteiger charge is 2.43. The van der Waals surface area contributed by atoms with Crippen LogP contribution in [0.1, 0.15) is 32.6 Å². The van der Waals surface area contributed by atoms with Gasteiger partial charge in [0, 0.05) is 31.1 Å². The Balaban J connectivity index is 1.50. The van der Waals surface area contributed by atoms with Gasteiger partial charge in [0.05, 0.1) is 0 Å². The average molecular weight is 251 g/mol. The minimum Gasteiger partial charge on any atom is -0.341 e. The number of amides is 1. The second-order valence-electron chi connectivity index (χ2n) is 6.42. The first-order valence-electron chi connectivity index (χ1n) is 7.43. The summed E-state index contributed by atoms with van der Waals surface area (Å²) in [5, 5.41) is 0. The number of carbonyl (C=O) groups is 1. The molecule has 2 heterocycles. The molecule has 2 saturated heterocycles. The zero-order valence-corrected chi connectivity index (χ0v) is 11.3. The standard InChI is InChI=1S/C14H25N3O/c1-10-8-13(10)14(18)17-7-4-12(9-17)16-5-2-11(15)3-6-16/h10-13H,2-9,15H2,1H3. The van der Waals surface area contributed by atoms with Gasteiger partial charge in [0.1, 0.15) is 0 Å². The maximum atomic E-state index is 12.2. The molecule has 18 heavy (non-hydrogen) atoms. The fourth-order valence-electron chi connectivity index (χ4n) is 3.43. The molecule has 3 fully saturated rings. The molecule has 3 atom stereocenters. The third-order valence-electron chi connectivity index (χ3n) is 4.99. The van der Waals surface area contributed by atoms with Crippen LogP contribution in [0, 0.1) is 11.8 Å². The second kappa shape index (κ2) is 4.82. The monoisotopic (exact) mass is 251 g/mol. The third-order valence-corrected chi connectivity index (χ3v) is 4.99. The van der Waals surface area contributed by atoms with E-state index in [0.717, 1.165) is 51.9 Å². The molecule has 0 spiro atoms. The highest BCUT2D eigenvalue weighted by molar-refractivity contribution is 5.81. The Kier molecular flexibility index (Phi) is 3.32. The largest absolute Gasteiger partial charge is 0.341 e. The molecule has 2 N–H and O–H groups in total. The van der Waals surface area contributed by atoms with Crippen molar-refractivity contribution >= 4 is 5.91 Å². The van der Waals surface area contributed by atoms with Crippen molar-refractivity contribution in [1.29, 1.82) is 0 Å². The number of carbonyl (C=O) groups excluding carboxylic acids is 1. The zero-order chi connectivity index (χ0) is 12.7. The predicted molar refractivity (Wildman–Crippen MR) is 71.0 cm³/mol. The van der Waals surface area contributed by atoms with Crippen LogP contribution >= 0.6 is 0 Å².